The van der Waals surface area contributed by atoms with Crippen LogP contribution in [0.3, 0.4) is 0 Å². The molecule has 1 saturated heterocycles. The summed E-state index contributed by atoms with van der Waals surface area (Å²) in [5.41, 5.74) is 5.14. The van der Waals surface area contributed by atoms with Crippen LogP contribution in [0.25, 0.3) is 11.4 Å². The van der Waals surface area contributed by atoms with E-state index < -0.39 is 0 Å². The number of amides is 2. The predicted molar refractivity (Wildman–Crippen MR) is 129 cm³/mol. The first kappa shape index (κ1) is 22.1. The van der Waals surface area contributed by atoms with Crippen LogP contribution in [0.1, 0.15) is 30.5 Å². The summed E-state index contributed by atoms with van der Waals surface area (Å²) in [5.74, 6) is 0.180. The second-order valence-corrected chi connectivity index (χ2v) is 8.82. The first-order valence-electron chi connectivity index (χ1n) is 11.9. The molecule has 1 fully saturated rings. The van der Waals surface area contributed by atoms with E-state index in [9.17, 15) is 9.59 Å². The van der Waals surface area contributed by atoms with Crippen molar-refractivity contribution in [3.05, 3.63) is 59.9 Å². The van der Waals surface area contributed by atoms with Gasteiger partial charge in [-0.15, -0.1) is 0 Å². The average molecular weight is 460 g/mol. The molecular weight excluding hydrogens is 430 g/mol. The molecule has 0 radical (unpaired) electrons. The van der Waals surface area contributed by atoms with Crippen molar-refractivity contribution >= 4 is 17.5 Å². The Bertz CT molecular complexity index is 1190. The third-order valence-electron chi connectivity index (χ3n) is 6.65. The summed E-state index contributed by atoms with van der Waals surface area (Å²) in [5, 5.41) is 7.89. The molecule has 8 nitrogen and oxygen atoms in total. The fraction of sp³-hybridized carbons (Fsp3) is 0.385. The Hall–Kier alpha value is -3.68. The van der Waals surface area contributed by atoms with E-state index in [4.69, 9.17) is 9.84 Å². The number of rotatable bonds is 7. The minimum Gasteiger partial charge on any atom is -0.497 e. The van der Waals surface area contributed by atoms with Crippen molar-refractivity contribution in [1.29, 1.82) is 0 Å². The van der Waals surface area contributed by atoms with Gasteiger partial charge in [-0.3, -0.25) is 19.3 Å². The van der Waals surface area contributed by atoms with Gasteiger partial charge in [-0.05, 0) is 49.9 Å². The Morgan fingerprint density at radius 3 is 2.88 bits per heavy atom. The predicted octanol–water partition coefficient (Wildman–Crippen LogP) is 3.00. The van der Waals surface area contributed by atoms with Gasteiger partial charge in [0.25, 0.3) is 0 Å². The normalized spacial score (nSPS) is 17.5. The number of benzene rings is 1. The lowest BCUT2D eigenvalue weighted by atomic mass is 9.95. The van der Waals surface area contributed by atoms with Gasteiger partial charge in [0.2, 0.25) is 11.8 Å². The number of nitrogens with zero attached hydrogens (tertiary/aromatic N) is 4. The molecule has 0 bridgehead atoms. The average Bonchev–Trinajstić information content (AvgIpc) is 3.45. The van der Waals surface area contributed by atoms with Crippen LogP contribution in [0.4, 0.5) is 5.69 Å². The minimum atomic E-state index is -0.366. The highest BCUT2D eigenvalue weighted by Gasteiger charge is 2.35. The SMILES string of the molecule is COc1cccc(N2CC(C(=O)NCCn3nc(-c4ccccn4)c4c3CCCC4)CC2=O)c1. The van der Waals surface area contributed by atoms with Crippen LogP contribution in [0.5, 0.6) is 5.75 Å². The van der Waals surface area contributed by atoms with Gasteiger partial charge in [0.1, 0.15) is 11.4 Å². The Kier molecular flexibility index (Phi) is 6.29. The molecule has 0 saturated carbocycles. The molecule has 1 aliphatic heterocycles. The monoisotopic (exact) mass is 459 g/mol. The Morgan fingerprint density at radius 2 is 2.06 bits per heavy atom. The topological polar surface area (TPSA) is 89.3 Å². The van der Waals surface area contributed by atoms with Gasteiger partial charge in [0.05, 0.1) is 25.3 Å². The third-order valence-corrected chi connectivity index (χ3v) is 6.65. The highest BCUT2D eigenvalue weighted by atomic mass is 16.5. The van der Waals surface area contributed by atoms with Crippen molar-refractivity contribution in [2.24, 2.45) is 5.92 Å². The zero-order valence-electron chi connectivity index (χ0n) is 19.4. The van der Waals surface area contributed by atoms with Gasteiger partial charge < -0.3 is 15.0 Å². The van der Waals surface area contributed by atoms with Crippen molar-refractivity contribution in [3.8, 4) is 17.1 Å². The minimum absolute atomic E-state index is 0.0467. The number of methoxy groups -OCH3 is 1. The molecule has 1 N–H and O–H groups in total. The number of hydrogen-bond donors (Lipinski definition) is 1. The third kappa shape index (κ3) is 4.40. The summed E-state index contributed by atoms with van der Waals surface area (Å²) in [6, 6.07) is 13.2. The zero-order valence-corrected chi connectivity index (χ0v) is 19.4. The second kappa shape index (κ2) is 9.67. The Morgan fingerprint density at radius 1 is 1.18 bits per heavy atom. The van der Waals surface area contributed by atoms with E-state index in [-0.39, 0.29) is 24.2 Å². The van der Waals surface area contributed by atoms with E-state index in [1.165, 1.54) is 11.3 Å². The van der Waals surface area contributed by atoms with Crippen LogP contribution >= 0.6 is 0 Å². The molecule has 8 heteroatoms. The Labute approximate surface area is 198 Å². The van der Waals surface area contributed by atoms with Crippen molar-refractivity contribution in [3.63, 3.8) is 0 Å². The van der Waals surface area contributed by atoms with E-state index in [0.717, 1.165) is 42.8 Å². The number of pyridine rings is 1. The smallest absolute Gasteiger partial charge is 0.227 e. The maximum Gasteiger partial charge on any atom is 0.227 e. The van der Waals surface area contributed by atoms with E-state index in [1.54, 1.807) is 18.2 Å². The maximum absolute atomic E-state index is 12.8. The molecule has 3 heterocycles. The van der Waals surface area contributed by atoms with Crippen LogP contribution in [-0.2, 0) is 29.0 Å². The van der Waals surface area contributed by atoms with Gasteiger partial charge in [-0.2, -0.15) is 5.10 Å². The van der Waals surface area contributed by atoms with E-state index >= 15 is 0 Å². The summed E-state index contributed by atoms with van der Waals surface area (Å²) in [7, 11) is 1.59. The van der Waals surface area contributed by atoms with Gasteiger partial charge in [0, 0.05) is 48.7 Å². The molecule has 1 aromatic carbocycles. The van der Waals surface area contributed by atoms with Crippen LogP contribution in [0.15, 0.2) is 48.7 Å². The van der Waals surface area contributed by atoms with Gasteiger partial charge in [-0.25, -0.2) is 0 Å². The molecule has 34 heavy (non-hydrogen) atoms. The molecule has 1 atom stereocenters. The lowest BCUT2D eigenvalue weighted by Gasteiger charge is -2.17. The fourth-order valence-corrected chi connectivity index (χ4v) is 4.90. The van der Waals surface area contributed by atoms with Crippen molar-refractivity contribution < 1.29 is 14.3 Å². The van der Waals surface area contributed by atoms with Gasteiger partial charge >= 0.3 is 0 Å². The number of fused-ring (bicyclic) bond motifs is 1. The number of carbonyl (C=O) groups is 2. The molecule has 1 unspecified atom stereocenters. The molecule has 176 valence electrons. The van der Waals surface area contributed by atoms with Crippen LogP contribution in [-0.4, -0.2) is 46.8 Å². The molecule has 3 aromatic rings. The van der Waals surface area contributed by atoms with Crippen LogP contribution in [0, 0.1) is 5.92 Å². The number of ether oxygens (including phenoxy) is 1. The molecule has 5 rings (SSSR count). The van der Waals surface area contributed by atoms with Crippen molar-refractivity contribution in [1.82, 2.24) is 20.1 Å². The van der Waals surface area contributed by atoms with E-state index in [0.29, 0.717) is 25.4 Å². The first-order valence-corrected chi connectivity index (χ1v) is 11.9. The standard InChI is InChI=1S/C26H29N5O3/c1-34-20-8-6-7-19(16-20)30-17-18(15-24(30)32)26(33)28-13-14-31-23-11-3-2-9-21(23)25(29-31)22-10-4-5-12-27-22/h4-8,10,12,16,18H,2-3,9,11,13-15,17H2,1H3,(H,28,33). The lowest BCUT2D eigenvalue weighted by Crippen LogP contribution is -2.35. The molecule has 2 aromatic heterocycles. The summed E-state index contributed by atoms with van der Waals surface area (Å²) in [4.78, 5) is 31.6. The van der Waals surface area contributed by atoms with Crippen molar-refractivity contribution in [2.75, 3.05) is 25.1 Å². The zero-order chi connectivity index (χ0) is 23.5. The molecular formula is C26H29N5O3. The van der Waals surface area contributed by atoms with Gasteiger partial charge in [-0.1, -0.05) is 12.1 Å². The summed E-state index contributed by atoms with van der Waals surface area (Å²) in [6.45, 7) is 1.44. The molecule has 2 aliphatic rings. The van der Waals surface area contributed by atoms with E-state index in [2.05, 4.69) is 10.3 Å². The molecule has 2 amide bonds. The van der Waals surface area contributed by atoms with Crippen molar-refractivity contribution in [2.45, 2.75) is 38.6 Å². The highest BCUT2D eigenvalue weighted by Crippen LogP contribution is 2.30. The summed E-state index contributed by atoms with van der Waals surface area (Å²) >= 11 is 0. The quantitative estimate of drug-likeness (QED) is 0.587. The number of aromatic nitrogens is 3. The van der Waals surface area contributed by atoms with Crippen LogP contribution < -0.4 is 15.0 Å². The fourth-order valence-electron chi connectivity index (χ4n) is 4.90. The Balaban J connectivity index is 1.22. The molecule has 1 aliphatic carbocycles. The number of hydrogen-bond acceptors (Lipinski definition) is 5. The second-order valence-electron chi connectivity index (χ2n) is 8.82. The van der Waals surface area contributed by atoms with E-state index in [1.807, 2.05) is 47.1 Å². The summed E-state index contributed by atoms with van der Waals surface area (Å²) in [6.07, 6.45) is 6.32. The van der Waals surface area contributed by atoms with Gasteiger partial charge in [0.15, 0.2) is 0 Å². The first-order chi connectivity index (χ1) is 16.6. The number of nitrogens with one attached hydrogen (secondary N) is 1. The van der Waals surface area contributed by atoms with Crippen LogP contribution in [0.2, 0.25) is 0 Å². The lowest BCUT2D eigenvalue weighted by molar-refractivity contribution is -0.126. The molecule has 0 spiro atoms. The number of anilines is 1. The maximum atomic E-state index is 12.8. The summed E-state index contributed by atoms with van der Waals surface area (Å²) < 4.78 is 7.29. The number of carbonyl (C=O) groups excluding carboxylic acids is 2. The highest BCUT2D eigenvalue weighted by molar-refractivity contribution is 6.00. The largest absolute Gasteiger partial charge is 0.497 e.